The van der Waals surface area contributed by atoms with E-state index in [1.807, 2.05) is 12.1 Å². The molecule has 0 atom stereocenters. The van der Waals surface area contributed by atoms with Crippen LogP contribution in [0.1, 0.15) is 13.8 Å². The highest BCUT2D eigenvalue weighted by Crippen LogP contribution is 2.23. The van der Waals surface area contributed by atoms with E-state index in [2.05, 4.69) is 24.1 Å². The topological polar surface area (TPSA) is 24.9 Å². The van der Waals surface area contributed by atoms with Crippen LogP contribution in [0.5, 0.6) is 0 Å². The summed E-state index contributed by atoms with van der Waals surface area (Å²) in [4.78, 5) is 4.20. The number of hydrogen-bond donors (Lipinski definition) is 1. The van der Waals surface area contributed by atoms with E-state index in [9.17, 15) is 0 Å². The summed E-state index contributed by atoms with van der Waals surface area (Å²) in [5, 5.41) is 5.00. The molecule has 1 rings (SSSR count). The van der Waals surface area contributed by atoms with Gasteiger partial charge in [-0.3, -0.25) is 0 Å². The van der Waals surface area contributed by atoms with Crippen molar-refractivity contribution in [2.24, 2.45) is 0 Å². The molecule has 0 amide bonds. The van der Waals surface area contributed by atoms with Crippen molar-refractivity contribution in [3.63, 3.8) is 0 Å². The highest BCUT2D eigenvalue weighted by molar-refractivity contribution is 7.99. The summed E-state index contributed by atoms with van der Waals surface area (Å²) in [7, 11) is 0. The summed E-state index contributed by atoms with van der Waals surface area (Å²) in [5.41, 5.74) is 0. The number of rotatable bonds is 5. The van der Waals surface area contributed by atoms with Crippen LogP contribution >= 0.6 is 23.4 Å². The Bertz CT molecular complexity index is 279. The van der Waals surface area contributed by atoms with Crippen LogP contribution in [0.3, 0.4) is 0 Å². The van der Waals surface area contributed by atoms with Gasteiger partial charge in [-0.15, -0.1) is 11.8 Å². The molecule has 0 spiro atoms. The molecular formula is C10H15ClN2S. The van der Waals surface area contributed by atoms with Gasteiger partial charge in [-0.2, -0.15) is 0 Å². The van der Waals surface area contributed by atoms with Crippen LogP contribution in [-0.2, 0) is 0 Å². The third-order valence-corrected chi connectivity index (χ3v) is 3.04. The molecule has 0 aliphatic rings. The number of halogens is 1. The molecule has 0 saturated heterocycles. The highest BCUT2D eigenvalue weighted by atomic mass is 35.5. The zero-order valence-corrected chi connectivity index (χ0v) is 10.0. The standard InChI is InChI=1S/C10H15ClN2S/c1-8(2)12-6-7-14-10-9(11)4-3-5-13-10/h3-5,8,12H,6-7H2,1-2H3. The van der Waals surface area contributed by atoms with Crippen molar-refractivity contribution in [2.75, 3.05) is 12.3 Å². The molecule has 0 unspecified atom stereocenters. The molecule has 78 valence electrons. The first kappa shape index (κ1) is 11.8. The SMILES string of the molecule is CC(C)NCCSc1ncccc1Cl. The van der Waals surface area contributed by atoms with Crippen molar-refractivity contribution in [2.45, 2.75) is 24.9 Å². The predicted molar refractivity (Wildman–Crippen MR) is 63.1 cm³/mol. The van der Waals surface area contributed by atoms with Gasteiger partial charge >= 0.3 is 0 Å². The van der Waals surface area contributed by atoms with E-state index in [0.717, 1.165) is 22.3 Å². The fourth-order valence-electron chi connectivity index (χ4n) is 0.973. The highest BCUT2D eigenvalue weighted by Gasteiger charge is 2.00. The van der Waals surface area contributed by atoms with Crippen LogP contribution in [0, 0.1) is 0 Å². The number of hydrogen-bond acceptors (Lipinski definition) is 3. The molecule has 2 nitrogen and oxygen atoms in total. The Hall–Kier alpha value is -0.250. The fourth-order valence-corrected chi connectivity index (χ4v) is 2.01. The smallest absolute Gasteiger partial charge is 0.115 e. The van der Waals surface area contributed by atoms with Crippen LogP contribution in [0.4, 0.5) is 0 Å². The van der Waals surface area contributed by atoms with E-state index >= 15 is 0 Å². The average Bonchev–Trinajstić information content (AvgIpc) is 2.15. The van der Waals surface area contributed by atoms with E-state index in [-0.39, 0.29) is 0 Å². The summed E-state index contributed by atoms with van der Waals surface area (Å²) in [5.74, 6) is 0.995. The van der Waals surface area contributed by atoms with E-state index in [1.54, 1.807) is 18.0 Å². The summed E-state index contributed by atoms with van der Waals surface area (Å²) in [6, 6.07) is 4.25. The quantitative estimate of drug-likeness (QED) is 0.622. The van der Waals surface area contributed by atoms with Crippen LogP contribution in [0.2, 0.25) is 5.02 Å². The second-order valence-electron chi connectivity index (χ2n) is 3.25. The van der Waals surface area contributed by atoms with Crippen molar-refractivity contribution in [1.82, 2.24) is 10.3 Å². The molecule has 0 aliphatic heterocycles. The predicted octanol–water partition coefficient (Wildman–Crippen LogP) is 2.83. The first-order valence-corrected chi connectivity index (χ1v) is 6.03. The van der Waals surface area contributed by atoms with Gasteiger partial charge < -0.3 is 5.32 Å². The molecule has 14 heavy (non-hydrogen) atoms. The average molecular weight is 231 g/mol. The Morgan fingerprint density at radius 2 is 2.36 bits per heavy atom. The lowest BCUT2D eigenvalue weighted by Gasteiger charge is -2.07. The van der Waals surface area contributed by atoms with E-state index in [0.29, 0.717) is 6.04 Å². The van der Waals surface area contributed by atoms with Gasteiger partial charge in [-0.1, -0.05) is 25.4 Å². The maximum absolute atomic E-state index is 5.96. The summed E-state index contributed by atoms with van der Waals surface area (Å²) >= 11 is 7.65. The van der Waals surface area contributed by atoms with Crippen LogP contribution in [-0.4, -0.2) is 23.3 Å². The summed E-state index contributed by atoms with van der Waals surface area (Å²) < 4.78 is 0. The molecule has 1 aromatic heterocycles. The zero-order chi connectivity index (χ0) is 10.4. The van der Waals surface area contributed by atoms with Crippen molar-refractivity contribution in [1.29, 1.82) is 0 Å². The van der Waals surface area contributed by atoms with Crippen LogP contribution in [0.25, 0.3) is 0 Å². The van der Waals surface area contributed by atoms with Gasteiger partial charge in [0.2, 0.25) is 0 Å². The maximum Gasteiger partial charge on any atom is 0.115 e. The number of aromatic nitrogens is 1. The Kier molecular flexibility index (Phi) is 5.30. The molecular weight excluding hydrogens is 216 g/mol. The molecule has 0 saturated carbocycles. The lowest BCUT2D eigenvalue weighted by Crippen LogP contribution is -2.24. The third kappa shape index (κ3) is 4.31. The van der Waals surface area contributed by atoms with Crippen molar-refractivity contribution >= 4 is 23.4 Å². The van der Waals surface area contributed by atoms with Gasteiger partial charge in [0.15, 0.2) is 0 Å². The normalized spacial score (nSPS) is 10.9. The lowest BCUT2D eigenvalue weighted by atomic mass is 10.4. The molecule has 0 aliphatic carbocycles. The van der Waals surface area contributed by atoms with Gasteiger partial charge in [-0.05, 0) is 12.1 Å². The molecule has 4 heteroatoms. The minimum absolute atomic E-state index is 0.537. The number of nitrogens with one attached hydrogen (secondary N) is 1. The Morgan fingerprint density at radius 1 is 1.57 bits per heavy atom. The minimum atomic E-state index is 0.537. The molecule has 1 N–H and O–H groups in total. The fraction of sp³-hybridized carbons (Fsp3) is 0.500. The molecule has 1 aromatic rings. The summed E-state index contributed by atoms with van der Waals surface area (Å²) in [6.07, 6.45) is 1.77. The second kappa shape index (κ2) is 6.27. The van der Waals surface area contributed by atoms with Gasteiger partial charge in [0.05, 0.1) is 5.02 Å². The van der Waals surface area contributed by atoms with Crippen molar-refractivity contribution < 1.29 is 0 Å². The lowest BCUT2D eigenvalue weighted by molar-refractivity contribution is 0.616. The van der Waals surface area contributed by atoms with Crippen LogP contribution < -0.4 is 5.32 Å². The first-order chi connectivity index (χ1) is 6.70. The van der Waals surface area contributed by atoms with Crippen molar-refractivity contribution in [3.8, 4) is 0 Å². The molecule has 1 heterocycles. The Balaban J connectivity index is 2.28. The van der Waals surface area contributed by atoms with E-state index in [1.165, 1.54) is 0 Å². The van der Waals surface area contributed by atoms with Gasteiger partial charge in [-0.25, -0.2) is 4.98 Å². The zero-order valence-electron chi connectivity index (χ0n) is 8.46. The molecule has 0 bridgehead atoms. The van der Waals surface area contributed by atoms with Gasteiger partial charge in [0, 0.05) is 24.5 Å². The second-order valence-corrected chi connectivity index (χ2v) is 4.74. The van der Waals surface area contributed by atoms with Gasteiger partial charge in [0.1, 0.15) is 5.03 Å². The molecule has 0 aromatic carbocycles. The largest absolute Gasteiger partial charge is 0.314 e. The van der Waals surface area contributed by atoms with Crippen LogP contribution in [0.15, 0.2) is 23.4 Å². The van der Waals surface area contributed by atoms with Gasteiger partial charge in [0.25, 0.3) is 0 Å². The number of pyridine rings is 1. The first-order valence-electron chi connectivity index (χ1n) is 4.67. The summed E-state index contributed by atoms with van der Waals surface area (Å²) in [6.45, 7) is 5.26. The minimum Gasteiger partial charge on any atom is -0.314 e. The monoisotopic (exact) mass is 230 g/mol. The molecule has 0 fully saturated rings. The molecule has 0 radical (unpaired) electrons. The Labute approximate surface area is 94.5 Å². The van der Waals surface area contributed by atoms with E-state index in [4.69, 9.17) is 11.6 Å². The number of thioether (sulfide) groups is 1. The number of nitrogens with zero attached hydrogens (tertiary/aromatic N) is 1. The van der Waals surface area contributed by atoms with Crippen molar-refractivity contribution in [3.05, 3.63) is 23.4 Å². The third-order valence-electron chi connectivity index (χ3n) is 1.62. The van der Waals surface area contributed by atoms with E-state index < -0.39 is 0 Å². The maximum atomic E-state index is 5.96. The Morgan fingerprint density at radius 3 is 3.00 bits per heavy atom.